The van der Waals surface area contributed by atoms with Gasteiger partial charge in [0, 0.05) is 18.3 Å². The summed E-state index contributed by atoms with van der Waals surface area (Å²) in [5.74, 6) is -0.773. The second-order valence-electron chi connectivity index (χ2n) is 8.59. The number of nitrogens with zero attached hydrogens (tertiary/aromatic N) is 2. The highest BCUT2D eigenvalue weighted by molar-refractivity contribution is 6.34. The van der Waals surface area contributed by atoms with Gasteiger partial charge in [0.25, 0.3) is 5.91 Å². The number of benzene rings is 2. The molecule has 1 fully saturated rings. The Hall–Kier alpha value is -2.84. The number of hydrogen-bond acceptors (Lipinski definition) is 3. The molecule has 9 heteroatoms. The van der Waals surface area contributed by atoms with Gasteiger partial charge in [-0.15, -0.1) is 0 Å². The molecule has 0 radical (unpaired) electrons. The van der Waals surface area contributed by atoms with E-state index >= 15 is 0 Å². The number of carbonyl (C=O) groups is 1. The van der Waals surface area contributed by atoms with Gasteiger partial charge < -0.3 is 10.4 Å². The monoisotopic (exact) mass is 491 g/mol. The fourth-order valence-corrected chi connectivity index (χ4v) is 4.84. The van der Waals surface area contributed by atoms with E-state index in [4.69, 9.17) is 11.6 Å². The lowest BCUT2D eigenvalue weighted by molar-refractivity contribution is -0.137. The summed E-state index contributed by atoms with van der Waals surface area (Å²) in [6.07, 6.45) is 1.46. The van der Waals surface area contributed by atoms with Crippen LogP contribution in [0, 0.1) is 0 Å². The van der Waals surface area contributed by atoms with E-state index in [0.717, 1.165) is 42.6 Å². The number of rotatable bonds is 6. The van der Waals surface area contributed by atoms with E-state index in [2.05, 4.69) is 10.4 Å². The van der Waals surface area contributed by atoms with Crippen LogP contribution >= 0.6 is 11.6 Å². The summed E-state index contributed by atoms with van der Waals surface area (Å²) in [5.41, 5.74) is -0.196. The maximum Gasteiger partial charge on any atom is 0.417 e. The fraction of sp³-hybridized carbons (Fsp3) is 0.360. The van der Waals surface area contributed by atoms with Crippen molar-refractivity contribution in [1.82, 2.24) is 15.1 Å². The lowest BCUT2D eigenvalue weighted by Crippen LogP contribution is -2.44. The lowest BCUT2D eigenvalue weighted by atomic mass is 9.85. The van der Waals surface area contributed by atoms with Crippen molar-refractivity contribution < 1.29 is 23.1 Å². The second-order valence-corrected chi connectivity index (χ2v) is 8.97. The number of nitrogens with one attached hydrogen (secondary N) is 1. The highest BCUT2D eigenvalue weighted by Crippen LogP contribution is 2.41. The zero-order chi connectivity index (χ0) is 24.5. The fourth-order valence-electron chi connectivity index (χ4n) is 4.52. The standard InChI is InChI=1S/C25H25ClF3N3O2/c1-2-32-15-18(14-30-32)16-7-5-8-17(13-16)22(24(34)11-3-4-12-24)31-23(33)19-9-6-10-20(21(19)26)25(27,28)29/h5-10,13-15,22,34H,2-4,11-12H2,1H3,(H,31,33)/t22-/m0/s1. The summed E-state index contributed by atoms with van der Waals surface area (Å²) in [7, 11) is 0. The molecule has 3 aromatic rings. The molecule has 4 rings (SSSR count). The van der Waals surface area contributed by atoms with E-state index in [1.165, 1.54) is 6.07 Å². The van der Waals surface area contributed by atoms with Gasteiger partial charge in [0.1, 0.15) is 0 Å². The summed E-state index contributed by atoms with van der Waals surface area (Å²) < 4.78 is 41.7. The maximum atomic E-state index is 13.3. The Labute approximate surface area is 200 Å². The number of aryl methyl sites for hydroxylation is 1. The van der Waals surface area contributed by atoms with Gasteiger partial charge in [-0.2, -0.15) is 18.3 Å². The lowest BCUT2D eigenvalue weighted by Gasteiger charge is -2.34. The summed E-state index contributed by atoms with van der Waals surface area (Å²) in [4.78, 5) is 13.1. The third-order valence-corrected chi connectivity index (χ3v) is 6.75. The first-order chi connectivity index (χ1) is 16.1. The Balaban J connectivity index is 1.70. The molecular weight excluding hydrogens is 467 g/mol. The largest absolute Gasteiger partial charge is 0.417 e. The molecule has 5 nitrogen and oxygen atoms in total. The molecule has 1 aromatic heterocycles. The normalized spacial score (nSPS) is 16.4. The van der Waals surface area contributed by atoms with E-state index in [0.29, 0.717) is 18.4 Å². The predicted molar refractivity (Wildman–Crippen MR) is 123 cm³/mol. The van der Waals surface area contributed by atoms with E-state index in [-0.39, 0.29) is 5.56 Å². The number of aliphatic hydroxyl groups is 1. The van der Waals surface area contributed by atoms with E-state index in [1.807, 2.05) is 31.3 Å². The molecule has 0 bridgehead atoms. The van der Waals surface area contributed by atoms with Crippen molar-refractivity contribution in [3.05, 3.63) is 76.6 Å². The smallest absolute Gasteiger partial charge is 0.387 e. The Bertz CT molecular complexity index is 1190. The maximum absolute atomic E-state index is 13.3. The summed E-state index contributed by atoms with van der Waals surface area (Å²) >= 11 is 5.98. The average Bonchev–Trinajstić information content (AvgIpc) is 3.46. The minimum absolute atomic E-state index is 0.288. The van der Waals surface area contributed by atoms with Crippen molar-refractivity contribution in [1.29, 1.82) is 0 Å². The zero-order valence-electron chi connectivity index (χ0n) is 18.6. The molecule has 0 aliphatic heterocycles. The molecule has 2 N–H and O–H groups in total. The van der Waals surface area contributed by atoms with Crippen molar-refractivity contribution in [3.8, 4) is 11.1 Å². The highest BCUT2D eigenvalue weighted by atomic mass is 35.5. The van der Waals surface area contributed by atoms with Gasteiger partial charge in [0.2, 0.25) is 0 Å². The Kier molecular flexibility index (Phi) is 6.73. The van der Waals surface area contributed by atoms with Crippen LogP contribution in [0.3, 0.4) is 0 Å². The number of hydrogen-bond donors (Lipinski definition) is 2. The van der Waals surface area contributed by atoms with E-state index in [1.54, 1.807) is 16.9 Å². The number of halogens is 4. The van der Waals surface area contributed by atoms with Gasteiger partial charge >= 0.3 is 6.18 Å². The summed E-state index contributed by atoms with van der Waals surface area (Å²) in [6, 6.07) is 9.79. The van der Waals surface area contributed by atoms with Crippen LogP contribution in [-0.2, 0) is 12.7 Å². The molecule has 1 aliphatic rings. The molecule has 1 saturated carbocycles. The van der Waals surface area contributed by atoms with Crippen molar-refractivity contribution in [2.75, 3.05) is 0 Å². The van der Waals surface area contributed by atoms with Gasteiger partial charge in [-0.3, -0.25) is 9.48 Å². The minimum atomic E-state index is -4.69. The molecule has 1 atom stereocenters. The SMILES string of the molecule is CCn1cc(-c2cccc([C@H](NC(=O)c3cccc(C(F)(F)F)c3Cl)C3(O)CCCC3)c2)cn1. The van der Waals surface area contributed by atoms with Gasteiger partial charge in [-0.05, 0) is 49.1 Å². The first-order valence-corrected chi connectivity index (χ1v) is 11.5. The molecule has 34 heavy (non-hydrogen) atoms. The minimum Gasteiger partial charge on any atom is -0.387 e. The molecule has 180 valence electrons. The first kappa shape index (κ1) is 24.3. The van der Waals surface area contributed by atoms with Crippen molar-refractivity contribution >= 4 is 17.5 Å². The third kappa shape index (κ3) is 4.83. The quantitative estimate of drug-likeness (QED) is 0.443. The zero-order valence-corrected chi connectivity index (χ0v) is 19.3. The first-order valence-electron chi connectivity index (χ1n) is 11.1. The number of aromatic nitrogens is 2. The van der Waals surface area contributed by atoms with Crippen molar-refractivity contribution in [2.24, 2.45) is 0 Å². The van der Waals surface area contributed by atoms with Crippen LogP contribution in [0.4, 0.5) is 13.2 Å². The van der Waals surface area contributed by atoms with Crippen LogP contribution < -0.4 is 5.32 Å². The molecule has 1 aliphatic carbocycles. The molecule has 0 saturated heterocycles. The van der Waals surface area contributed by atoms with Crippen LogP contribution in [0.25, 0.3) is 11.1 Å². The van der Waals surface area contributed by atoms with Crippen molar-refractivity contribution in [2.45, 2.75) is 57.0 Å². The third-order valence-electron chi connectivity index (χ3n) is 6.34. The average molecular weight is 492 g/mol. The number of amides is 1. The van der Waals surface area contributed by atoms with Crippen molar-refractivity contribution in [3.63, 3.8) is 0 Å². The summed E-state index contributed by atoms with van der Waals surface area (Å²) in [6.45, 7) is 2.70. The molecule has 1 amide bonds. The van der Waals surface area contributed by atoms with Crippen LogP contribution in [0.1, 0.15) is 60.1 Å². The Morgan fingerprint density at radius 2 is 1.91 bits per heavy atom. The summed E-state index contributed by atoms with van der Waals surface area (Å²) in [5, 5.41) is 17.8. The van der Waals surface area contributed by atoms with Crippen LogP contribution in [0.5, 0.6) is 0 Å². The van der Waals surface area contributed by atoms with Gasteiger partial charge in [0.05, 0.1) is 34.0 Å². The Morgan fingerprint density at radius 3 is 2.56 bits per heavy atom. The van der Waals surface area contributed by atoms with Gasteiger partial charge in [-0.25, -0.2) is 0 Å². The molecule has 1 heterocycles. The van der Waals surface area contributed by atoms with Crippen LogP contribution in [0.2, 0.25) is 5.02 Å². The van der Waals surface area contributed by atoms with Crippen LogP contribution in [0.15, 0.2) is 54.9 Å². The molecule has 0 spiro atoms. The molecular formula is C25H25ClF3N3O2. The molecule has 0 unspecified atom stereocenters. The highest BCUT2D eigenvalue weighted by Gasteiger charge is 2.42. The van der Waals surface area contributed by atoms with Gasteiger partial charge in [-0.1, -0.05) is 48.7 Å². The van der Waals surface area contributed by atoms with E-state index in [9.17, 15) is 23.1 Å². The van der Waals surface area contributed by atoms with Crippen LogP contribution in [-0.4, -0.2) is 26.4 Å². The predicted octanol–water partition coefficient (Wildman–Crippen LogP) is 6.02. The Morgan fingerprint density at radius 1 is 1.21 bits per heavy atom. The number of carbonyl (C=O) groups excluding carboxylic acids is 1. The number of alkyl halides is 3. The van der Waals surface area contributed by atoms with Gasteiger partial charge in [0.15, 0.2) is 0 Å². The topological polar surface area (TPSA) is 67.2 Å². The second kappa shape index (κ2) is 9.43. The molecule has 2 aromatic carbocycles. The van der Waals surface area contributed by atoms with E-state index < -0.39 is 34.3 Å².